The Bertz CT molecular complexity index is 990. The van der Waals surface area contributed by atoms with E-state index in [2.05, 4.69) is 9.98 Å². The Kier molecular flexibility index (Phi) is 5.48. The second-order valence-corrected chi connectivity index (χ2v) is 6.26. The zero-order chi connectivity index (χ0) is 18.5. The molecule has 2 aromatic heterocycles. The van der Waals surface area contributed by atoms with Crippen molar-refractivity contribution in [3.63, 3.8) is 0 Å². The molecular weight excluding hydrogens is 348 g/mol. The summed E-state index contributed by atoms with van der Waals surface area (Å²) >= 11 is 1.52. The van der Waals surface area contributed by atoms with E-state index in [-0.39, 0.29) is 0 Å². The number of methoxy groups -OCH3 is 2. The Morgan fingerprint density at radius 3 is 2.54 bits per heavy atom. The lowest BCUT2D eigenvalue weighted by Crippen LogP contribution is -2.14. The third-order valence-corrected chi connectivity index (χ3v) is 4.81. The molecule has 0 amide bonds. The van der Waals surface area contributed by atoms with Crippen LogP contribution in [-0.2, 0) is 0 Å². The van der Waals surface area contributed by atoms with E-state index in [0.29, 0.717) is 0 Å². The smallest absolute Gasteiger partial charge is 0.205 e. The van der Waals surface area contributed by atoms with Gasteiger partial charge in [0, 0.05) is 35.9 Å². The summed E-state index contributed by atoms with van der Waals surface area (Å²) in [4.78, 5) is 9.20. The molecule has 0 bridgehead atoms. The van der Waals surface area contributed by atoms with Gasteiger partial charge >= 0.3 is 0 Å². The van der Waals surface area contributed by atoms with E-state index in [1.807, 2.05) is 47.3 Å². The minimum absolute atomic E-state index is 0.747. The average Bonchev–Trinajstić information content (AvgIpc) is 3.10. The molecule has 3 aromatic rings. The van der Waals surface area contributed by atoms with Crippen LogP contribution >= 0.6 is 11.3 Å². The Morgan fingerprint density at radius 1 is 1.12 bits per heavy atom. The van der Waals surface area contributed by atoms with Crippen molar-refractivity contribution in [3.05, 3.63) is 58.5 Å². The van der Waals surface area contributed by atoms with E-state index in [4.69, 9.17) is 14.6 Å². The van der Waals surface area contributed by atoms with Crippen LogP contribution in [0.25, 0.3) is 11.3 Å². The van der Waals surface area contributed by atoms with Gasteiger partial charge in [-0.25, -0.2) is 4.68 Å². The summed E-state index contributed by atoms with van der Waals surface area (Å²) in [6, 6.07) is 9.56. The first-order chi connectivity index (χ1) is 12.7. The van der Waals surface area contributed by atoms with Gasteiger partial charge in [0.1, 0.15) is 11.5 Å². The van der Waals surface area contributed by atoms with Crippen LogP contribution in [0.4, 0.5) is 0 Å². The van der Waals surface area contributed by atoms with E-state index in [1.165, 1.54) is 11.3 Å². The Morgan fingerprint density at radius 2 is 1.88 bits per heavy atom. The first kappa shape index (κ1) is 17.9. The highest BCUT2D eigenvalue weighted by molar-refractivity contribution is 7.07. The number of pyridine rings is 1. The molecule has 1 aromatic carbocycles. The zero-order valence-corrected chi connectivity index (χ0v) is 15.9. The molecular formula is C19H20N4O2S. The van der Waals surface area contributed by atoms with Gasteiger partial charge in [-0.05, 0) is 37.3 Å². The molecule has 0 atom stereocenters. The quantitative estimate of drug-likeness (QED) is 0.648. The Balaban J connectivity index is 2.19. The summed E-state index contributed by atoms with van der Waals surface area (Å²) in [5, 5.41) is 6.81. The number of thiazole rings is 1. The second kappa shape index (κ2) is 7.97. The van der Waals surface area contributed by atoms with E-state index in [1.54, 1.807) is 33.7 Å². The molecule has 0 saturated carbocycles. The van der Waals surface area contributed by atoms with E-state index >= 15 is 0 Å². The van der Waals surface area contributed by atoms with Gasteiger partial charge in [-0.1, -0.05) is 0 Å². The number of hydrogen-bond acceptors (Lipinski definition) is 6. The molecule has 134 valence electrons. The molecule has 0 fully saturated rings. The van der Waals surface area contributed by atoms with Crippen molar-refractivity contribution in [2.45, 2.75) is 6.92 Å². The van der Waals surface area contributed by atoms with Gasteiger partial charge in [-0.2, -0.15) is 5.10 Å². The average molecular weight is 368 g/mol. The van der Waals surface area contributed by atoms with Crippen molar-refractivity contribution >= 4 is 17.0 Å². The van der Waals surface area contributed by atoms with Crippen LogP contribution in [0.1, 0.15) is 12.5 Å². The maximum absolute atomic E-state index is 5.54. The van der Waals surface area contributed by atoms with Gasteiger partial charge in [0.2, 0.25) is 4.80 Å². The van der Waals surface area contributed by atoms with Crippen molar-refractivity contribution in [1.82, 2.24) is 9.66 Å². The molecule has 0 aliphatic rings. The molecule has 6 nitrogen and oxygen atoms in total. The number of ether oxygens (including phenoxy) is 2. The summed E-state index contributed by atoms with van der Waals surface area (Å²) in [5.41, 5.74) is 3.65. The van der Waals surface area contributed by atoms with Gasteiger partial charge in [-0.15, -0.1) is 11.3 Å². The fourth-order valence-corrected chi connectivity index (χ4v) is 3.34. The lowest BCUT2D eigenvalue weighted by atomic mass is 10.1. The predicted molar refractivity (Wildman–Crippen MR) is 104 cm³/mol. The summed E-state index contributed by atoms with van der Waals surface area (Å²) in [5.74, 6) is 1.50. The number of benzene rings is 1. The van der Waals surface area contributed by atoms with Crippen molar-refractivity contribution in [3.8, 4) is 22.8 Å². The van der Waals surface area contributed by atoms with Crippen LogP contribution < -0.4 is 14.3 Å². The molecule has 0 spiro atoms. The number of rotatable bonds is 5. The molecule has 0 unspecified atom stereocenters. The standard InChI is InChI=1S/C19H20N4O2S/c1-13(14-7-9-21-10-8-14)22-23-17(12-26-19(23)20-2)16-11-15(24-3)5-6-18(16)25-4/h5-12H,1-4H3. The van der Waals surface area contributed by atoms with Gasteiger partial charge in [0.15, 0.2) is 0 Å². The number of hydrogen-bond donors (Lipinski definition) is 0. The van der Waals surface area contributed by atoms with Gasteiger partial charge in [-0.3, -0.25) is 9.98 Å². The Hall–Kier alpha value is -2.93. The first-order valence-corrected chi connectivity index (χ1v) is 8.87. The van der Waals surface area contributed by atoms with Gasteiger partial charge in [0.05, 0.1) is 25.6 Å². The minimum Gasteiger partial charge on any atom is -0.497 e. The first-order valence-electron chi connectivity index (χ1n) is 7.99. The maximum atomic E-state index is 5.54. The molecule has 0 saturated heterocycles. The largest absolute Gasteiger partial charge is 0.497 e. The minimum atomic E-state index is 0.747. The van der Waals surface area contributed by atoms with E-state index in [0.717, 1.165) is 38.8 Å². The Labute approximate surface area is 156 Å². The SMILES string of the molecule is CN=c1scc(-c2cc(OC)ccc2OC)n1N=C(C)c1ccncc1. The molecule has 2 heterocycles. The van der Waals surface area contributed by atoms with Crippen LogP contribution in [0.2, 0.25) is 0 Å². The molecule has 0 aliphatic carbocycles. The summed E-state index contributed by atoms with van der Waals surface area (Å²) in [7, 11) is 5.05. The predicted octanol–water partition coefficient (Wildman–Crippen LogP) is 3.43. The van der Waals surface area contributed by atoms with Crippen molar-refractivity contribution in [2.24, 2.45) is 10.1 Å². The summed E-state index contributed by atoms with van der Waals surface area (Å²) < 4.78 is 12.7. The van der Waals surface area contributed by atoms with Crippen molar-refractivity contribution in [1.29, 1.82) is 0 Å². The van der Waals surface area contributed by atoms with E-state index in [9.17, 15) is 0 Å². The third kappa shape index (κ3) is 3.52. The molecule has 0 N–H and O–H groups in total. The highest BCUT2D eigenvalue weighted by Gasteiger charge is 2.14. The van der Waals surface area contributed by atoms with Crippen LogP contribution in [-0.4, -0.2) is 36.6 Å². The molecule has 7 heteroatoms. The fraction of sp³-hybridized carbons (Fsp3) is 0.211. The lowest BCUT2D eigenvalue weighted by molar-refractivity contribution is 0.404. The summed E-state index contributed by atoms with van der Waals surface area (Å²) in [6.07, 6.45) is 3.51. The zero-order valence-electron chi connectivity index (χ0n) is 15.1. The highest BCUT2D eigenvalue weighted by atomic mass is 32.1. The monoisotopic (exact) mass is 368 g/mol. The molecule has 0 radical (unpaired) electrons. The van der Waals surface area contributed by atoms with Crippen LogP contribution in [0.5, 0.6) is 11.5 Å². The van der Waals surface area contributed by atoms with Gasteiger partial charge in [0.25, 0.3) is 0 Å². The van der Waals surface area contributed by atoms with Crippen LogP contribution in [0, 0.1) is 0 Å². The lowest BCUT2D eigenvalue weighted by Gasteiger charge is -2.11. The number of nitrogens with zero attached hydrogens (tertiary/aromatic N) is 4. The topological polar surface area (TPSA) is 61.0 Å². The normalized spacial score (nSPS) is 12.3. The maximum Gasteiger partial charge on any atom is 0.205 e. The van der Waals surface area contributed by atoms with Crippen molar-refractivity contribution < 1.29 is 9.47 Å². The highest BCUT2D eigenvalue weighted by Crippen LogP contribution is 2.33. The van der Waals surface area contributed by atoms with Crippen molar-refractivity contribution in [2.75, 3.05) is 21.3 Å². The van der Waals surface area contributed by atoms with E-state index < -0.39 is 0 Å². The molecule has 26 heavy (non-hydrogen) atoms. The van der Waals surface area contributed by atoms with Crippen LogP contribution in [0.15, 0.2) is 58.2 Å². The second-order valence-electron chi connectivity index (χ2n) is 5.43. The summed E-state index contributed by atoms with van der Waals surface area (Å²) in [6.45, 7) is 1.96. The fourth-order valence-electron chi connectivity index (χ4n) is 2.55. The van der Waals surface area contributed by atoms with Crippen LogP contribution in [0.3, 0.4) is 0 Å². The van der Waals surface area contributed by atoms with Gasteiger partial charge < -0.3 is 9.47 Å². The molecule has 3 rings (SSSR count). The third-order valence-electron chi connectivity index (χ3n) is 3.91. The molecule has 0 aliphatic heterocycles. The number of aromatic nitrogens is 2.